The number of H-pyrrole nitrogens is 5. The van der Waals surface area contributed by atoms with E-state index in [2.05, 4.69) is 197 Å². The maximum atomic E-state index is 14.6. The molecule has 5 aromatic carbocycles. The number of likely N-dealkylation sites (tertiary alicyclic amines) is 3. The summed E-state index contributed by atoms with van der Waals surface area (Å²) < 4.78 is 57.5. The number of halogens is 8. The highest BCUT2D eigenvalue weighted by atomic mass is 35.5. The summed E-state index contributed by atoms with van der Waals surface area (Å²) in [6, 6.07) is 45.0. The van der Waals surface area contributed by atoms with Crippen LogP contribution >= 0.6 is 61.4 Å². The van der Waals surface area contributed by atoms with Crippen molar-refractivity contribution in [2.45, 2.75) is 98.7 Å². The number of anilines is 5. The molecule has 28 nitrogen and oxygen atoms in total. The Labute approximate surface area is 785 Å². The molecule has 0 spiro atoms. The quantitative estimate of drug-likeness (QED) is 0.0234. The third-order valence-electron chi connectivity index (χ3n) is 26.2. The number of nitro benzene ring substituents is 1. The topological polar surface area (TPSA) is 399 Å². The lowest BCUT2D eigenvalue weighted by atomic mass is 9.78. The second-order valence-corrected chi connectivity index (χ2v) is 34.4. The number of hydrogen-bond donors (Lipinski definition) is 12. The van der Waals surface area contributed by atoms with Gasteiger partial charge in [0.15, 0.2) is 11.6 Å². The van der Waals surface area contributed by atoms with E-state index < -0.39 is 45.9 Å². The van der Waals surface area contributed by atoms with Crippen molar-refractivity contribution in [2.75, 3.05) is 119 Å². The van der Waals surface area contributed by atoms with Gasteiger partial charge in [-0.25, -0.2) is 17.6 Å². The average Bonchev–Trinajstić information content (AvgIpc) is 1.74. The van der Waals surface area contributed by atoms with Gasteiger partial charge in [0.1, 0.15) is 40.7 Å². The lowest BCUT2D eigenvalue weighted by Gasteiger charge is -2.35. The van der Waals surface area contributed by atoms with E-state index >= 15 is 0 Å². The van der Waals surface area contributed by atoms with Crippen molar-refractivity contribution < 1.29 is 22.5 Å². The second-order valence-electron chi connectivity index (χ2n) is 33.5. The number of thioether (sulfide) groups is 1. The Kier molecular flexibility index (Phi) is 33.3. The molecule has 0 amide bonds. The third kappa shape index (κ3) is 20.4. The van der Waals surface area contributed by atoms with Crippen molar-refractivity contribution in [3.05, 3.63) is 292 Å². The first kappa shape index (κ1) is 97.8. The van der Waals surface area contributed by atoms with Crippen molar-refractivity contribution in [2.24, 2.45) is 29.6 Å². The number of hydrogen-bond acceptors (Lipinski definition) is 23. The maximum Gasteiger partial charge on any atom is 0.273 e. The minimum absolute atomic E-state index is 0. The standard InChI is InChI=1S/C20H23N5S.2C19H19F2N5.C18H18N6O2.C18H19N5.4ClH/c1-25-9-7-13(8-10-25)19-15(11-21)18(16-12-22-24-20(16)23-19)14-5-3-4-6-17(14)26-2;1-26-7-5-11(6-8-26)18-12(9-22)16(13-10-23-25-19(13)24-18)17-14(20)3-2-4-15(17)21;1-26-7-5-11(6-8-26)18-13(9-22)16(14-10-23-25-19(14)24-18)12-3-2-4-15(20)17(12)21;19-9-13-16(12-3-1-2-4-15(12)24(25)26)14-10-21-23-18(14)22-17(13)11-5-7-20-8-6-11;19-10-14-16(12-4-2-1-3-5-12)15-11-21-23-18(15)22-17(14)13-6-8-20-9-7-13;;;;/h3-6,12-13,18H,7-10H2,1-2H3,(H2,22,23,24);2*2-4,10-11,16H,5-8H2,1H3,(H2,23,24,25);1-4,10-11,16,20H,5-8H2,(H2,21,22,23);1-5,11,13,16,20H,6-9H2,(H2,21,22,23);4*1H. The Morgan fingerprint density at radius 3 is 1.05 bits per heavy atom. The van der Waals surface area contributed by atoms with Crippen LogP contribution < -0.4 is 37.2 Å². The number of nitrogens with zero attached hydrogens (tertiary/aromatic N) is 14. The van der Waals surface area contributed by atoms with Crippen molar-refractivity contribution in [1.29, 1.82) is 26.3 Å². The van der Waals surface area contributed by atoms with E-state index in [9.17, 15) is 54.0 Å². The summed E-state index contributed by atoms with van der Waals surface area (Å²) >= 11 is 1.73. The summed E-state index contributed by atoms with van der Waals surface area (Å²) in [5.41, 5.74) is 14.6. The molecular weight excluding hydrogens is 1780 g/mol. The molecule has 0 aliphatic carbocycles. The highest BCUT2D eigenvalue weighted by Crippen LogP contribution is 2.52. The molecule has 682 valence electrons. The fourth-order valence-electron chi connectivity index (χ4n) is 19.6. The summed E-state index contributed by atoms with van der Waals surface area (Å²) in [7, 11) is 6.30. The number of aromatic nitrogens is 10. The molecule has 5 atom stereocenters. The molecule has 10 aromatic rings. The van der Waals surface area contributed by atoms with E-state index in [1.54, 1.807) is 42.4 Å². The minimum Gasteiger partial charge on any atom is -0.343 e. The third-order valence-corrected chi connectivity index (χ3v) is 27.0. The van der Waals surface area contributed by atoms with Gasteiger partial charge in [0.05, 0.1) is 124 Å². The van der Waals surface area contributed by atoms with Gasteiger partial charge >= 0.3 is 0 Å². The maximum absolute atomic E-state index is 14.6. The van der Waals surface area contributed by atoms with Crippen LogP contribution in [0.5, 0.6) is 0 Å². The molecule has 10 aliphatic heterocycles. The van der Waals surface area contributed by atoms with Gasteiger partial charge in [-0.15, -0.1) is 61.4 Å². The molecular formula is C94H102Cl4F4N26O2S. The average molecular weight is 1880 g/mol. The van der Waals surface area contributed by atoms with Gasteiger partial charge in [-0.05, 0) is 192 Å². The molecule has 131 heavy (non-hydrogen) atoms. The molecule has 10 aliphatic rings. The van der Waals surface area contributed by atoms with Gasteiger partial charge in [-0.3, -0.25) is 35.6 Å². The number of fused-ring (bicyclic) bond motifs is 5. The lowest BCUT2D eigenvalue weighted by Crippen LogP contribution is -2.34. The molecule has 5 aromatic heterocycles. The van der Waals surface area contributed by atoms with Gasteiger partial charge in [0.2, 0.25) is 0 Å². The normalized spacial score (nSPS) is 20.4. The van der Waals surface area contributed by atoms with Crippen molar-refractivity contribution in [1.82, 2.24) is 76.3 Å². The molecule has 0 radical (unpaired) electrons. The first-order chi connectivity index (χ1) is 62.0. The molecule has 37 heteroatoms. The van der Waals surface area contributed by atoms with Crippen LogP contribution in [-0.2, 0) is 0 Å². The zero-order valence-corrected chi connectivity index (χ0v) is 76.5. The monoisotopic (exact) mass is 1870 g/mol. The largest absolute Gasteiger partial charge is 0.343 e. The predicted molar refractivity (Wildman–Crippen MR) is 505 cm³/mol. The molecule has 15 heterocycles. The summed E-state index contributed by atoms with van der Waals surface area (Å²) in [5.74, 6) is -0.0658. The zero-order chi connectivity index (χ0) is 88.4. The first-order valence-electron chi connectivity index (χ1n) is 43.0. The van der Waals surface area contributed by atoms with Crippen LogP contribution in [0.15, 0.2) is 207 Å². The van der Waals surface area contributed by atoms with Crippen molar-refractivity contribution >= 4 is 96.2 Å². The number of nitrogens with one attached hydrogen (secondary N) is 12. The van der Waals surface area contributed by atoms with Crippen LogP contribution in [-0.4, -0.2) is 163 Å². The van der Waals surface area contributed by atoms with Gasteiger partial charge in [-0.1, -0.05) is 84.9 Å². The van der Waals surface area contributed by atoms with E-state index in [-0.39, 0.29) is 96.0 Å². The molecule has 5 saturated heterocycles. The Bertz CT molecular complexity index is 6070. The zero-order valence-electron chi connectivity index (χ0n) is 72.4. The van der Waals surface area contributed by atoms with Crippen molar-refractivity contribution in [3.8, 4) is 30.3 Å². The molecule has 12 N–H and O–H groups in total. The van der Waals surface area contributed by atoms with E-state index in [4.69, 9.17) is 0 Å². The Balaban J connectivity index is 0.000000147. The van der Waals surface area contributed by atoms with E-state index in [1.807, 2.05) is 30.6 Å². The molecule has 5 fully saturated rings. The van der Waals surface area contributed by atoms with Crippen LogP contribution in [0, 0.1) is 120 Å². The van der Waals surface area contributed by atoms with Gasteiger partial charge in [0.25, 0.3) is 5.69 Å². The summed E-state index contributed by atoms with van der Waals surface area (Å²) in [5, 5.41) is 120. The fourth-order valence-corrected chi connectivity index (χ4v) is 20.2. The van der Waals surface area contributed by atoms with Crippen LogP contribution in [0.1, 0.15) is 149 Å². The number of allylic oxidation sites excluding steroid dienone is 10. The Morgan fingerprint density at radius 1 is 0.366 bits per heavy atom. The fraction of sp³-hybridized carbons (Fsp3) is 0.362. The second kappa shape index (κ2) is 44.6. The number of aromatic amines is 5. The molecule has 5 unspecified atom stereocenters. The Hall–Kier alpha value is -12.3. The molecule has 20 rings (SSSR count). The summed E-state index contributed by atoms with van der Waals surface area (Å²) in [6.07, 6.45) is 20.2. The van der Waals surface area contributed by atoms with Crippen LogP contribution in [0.4, 0.5) is 52.3 Å². The number of para-hydroxylation sites is 1. The van der Waals surface area contributed by atoms with Gasteiger partial charge < -0.3 is 51.9 Å². The van der Waals surface area contributed by atoms with Gasteiger partial charge in [0, 0.05) is 114 Å². The van der Waals surface area contributed by atoms with E-state index in [0.717, 1.165) is 209 Å². The highest BCUT2D eigenvalue weighted by molar-refractivity contribution is 7.98. The summed E-state index contributed by atoms with van der Waals surface area (Å²) in [6.45, 7) is 9.62. The number of nitriles is 5. The lowest BCUT2D eigenvalue weighted by molar-refractivity contribution is -0.385. The summed E-state index contributed by atoms with van der Waals surface area (Å²) in [4.78, 5) is 19.2. The minimum atomic E-state index is -0.915. The molecule has 0 saturated carbocycles. The first-order valence-corrected chi connectivity index (χ1v) is 44.2. The molecule has 0 bridgehead atoms. The van der Waals surface area contributed by atoms with Crippen LogP contribution in [0.3, 0.4) is 0 Å². The predicted octanol–water partition coefficient (Wildman–Crippen LogP) is 17.6. The highest BCUT2D eigenvalue weighted by Gasteiger charge is 2.43. The number of nitro groups is 1. The van der Waals surface area contributed by atoms with Gasteiger partial charge in [-0.2, -0.15) is 51.8 Å². The Morgan fingerprint density at radius 2 is 0.664 bits per heavy atom. The van der Waals surface area contributed by atoms with Crippen LogP contribution in [0.25, 0.3) is 0 Å². The van der Waals surface area contributed by atoms with E-state index in [0.29, 0.717) is 62.7 Å². The number of benzene rings is 5. The smallest absolute Gasteiger partial charge is 0.273 e. The number of piperidine rings is 5. The van der Waals surface area contributed by atoms with Crippen LogP contribution in [0.2, 0.25) is 0 Å². The SMILES string of the molecule is CN1CCC(C2=C(C#N)C(c3c(F)cccc3F)c3cn[nH]c3N2)CC1.CN1CCC(C2=C(C#N)C(c3cccc(F)c3F)c3cn[nH]c3N2)CC1.CSc1ccccc1C1C(C#N)=C(C2CCN(C)CC2)Nc2[nH]ncc21.Cl.Cl.Cl.Cl.N#CC1=C(C2CCNCC2)Nc2[nH]ncc2C1c1ccccc1.N#CC1=C(C2CCNCC2)Nc2[nH]ncc2C1c1ccccc1[N+](=O)[O-]. The van der Waals surface area contributed by atoms with E-state index in [1.165, 1.54) is 53.1 Å². The van der Waals surface area contributed by atoms with Crippen molar-refractivity contribution in [3.63, 3.8) is 0 Å². The number of rotatable bonds is 12.